The summed E-state index contributed by atoms with van der Waals surface area (Å²) in [5.74, 6) is 1.08. The van der Waals surface area contributed by atoms with Crippen molar-refractivity contribution in [3.05, 3.63) is 23.8 Å². The predicted octanol–water partition coefficient (Wildman–Crippen LogP) is 7.95. The highest BCUT2D eigenvalue weighted by molar-refractivity contribution is 5.50. The average molecular weight is 449 g/mol. The number of unbranched alkanes of at least 4 members (excludes halogenated alkanes) is 13. The van der Waals surface area contributed by atoms with Gasteiger partial charge in [0.05, 0.1) is 48.9 Å². The monoisotopic (exact) mass is 448 g/mol. The lowest BCUT2D eigenvalue weighted by atomic mass is 10.0. The Labute approximate surface area is 201 Å². The normalized spacial score (nSPS) is 12.3. The Hall–Kier alpha value is -1.06. The van der Waals surface area contributed by atoms with Crippen molar-refractivity contribution < 1.29 is 9.22 Å². The summed E-state index contributed by atoms with van der Waals surface area (Å²) >= 11 is 0. The van der Waals surface area contributed by atoms with E-state index in [0.717, 1.165) is 34.3 Å². The second-order valence-corrected chi connectivity index (χ2v) is 11.7. The molecule has 1 rings (SSSR count). The van der Waals surface area contributed by atoms with Gasteiger partial charge in [-0.2, -0.15) is 0 Å². The second kappa shape index (κ2) is 15.7. The molecule has 0 heterocycles. The molecule has 0 N–H and O–H groups in total. The van der Waals surface area contributed by atoms with Crippen LogP contribution in [0.2, 0.25) is 0 Å². The van der Waals surface area contributed by atoms with Gasteiger partial charge in [-0.3, -0.25) is 4.48 Å². The summed E-state index contributed by atoms with van der Waals surface area (Å²) in [5, 5.41) is 0. The molecule has 0 unspecified atom stereocenters. The number of quaternary nitrogens is 2. The van der Waals surface area contributed by atoms with Crippen LogP contribution in [0.1, 0.15) is 102 Å². The summed E-state index contributed by atoms with van der Waals surface area (Å²) in [7, 11) is 13.4. The molecule has 0 spiro atoms. The standard InChI is InChI=1S/C29H56N2O/c1-8-9-10-11-12-13-14-15-16-17-18-19-20-21-24-32-29-25-28(31(5,6)7)23-22-27(29)26-30(2,3)4/h22-23,25H,8-21,24,26H2,1-7H3/q+2. The molecule has 0 aromatic heterocycles. The molecule has 0 aliphatic carbocycles. The molecule has 0 aliphatic rings. The number of nitrogens with zero attached hydrogens (tertiary/aromatic N) is 2. The van der Waals surface area contributed by atoms with E-state index in [1.807, 2.05) is 0 Å². The van der Waals surface area contributed by atoms with Crippen LogP contribution in [0, 0.1) is 0 Å². The largest absolute Gasteiger partial charge is 0.493 e. The van der Waals surface area contributed by atoms with Crippen molar-refractivity contribution in [3.63, 3.8) is 0 Å². The van der Waals surface area contributed by atoms with Crippen molar-refractivity contribution in [2.24, 2.45) is 0 Å². The van der Waals surface area contributed by atoms with E-state index in [1.165, 1.54) is 94.7 Å². The first kappa shape index (κ1) is 29.0. The molecular formula is C29H56N2O+2. The third kappa shape index (κ3) is 14.2. The molecule has 0 fully saturated rings. The lowest BCUT2D eigenvalue weighted by Gasteiger charge is -2.27. The first-order chi connectivity index (χ1) is 15.1. The Morgan fingerprint density at radius 2 is 1.09 bits per heavy atom. The molecule has 0 aliphatic heterocycles. The zero-order valence-electron chi connectivity index (χ0n) is 22.8. The van der Waals surface area contributed by atoms with Crippen LogP contribution in [0.5, 0.6) is 5.75 Å². The van der Waals surface area contributed by atoms with Gasteiger partial charge in [-0.05, 0) is 18.6 Å². The molecule has 0 atom stereocenters. The van der Waals surface area contributed by atoms with Crippen LogP contribution in [0.15, 0.2) is 18.2 Å². The fourth-order valence-electron chi connectivity index (χ4n) is 4.22. The van der Waals surface area contributed by atoms with Crippen molar-refractivity contribution in [2.45, 2.75) is 103 Å². The lowest BCUT2D eigenvalue weighted by molar-refractivity contribution is -0.884. The van der Waals surface area contributed by atoms with Crippen LogP contribution >= 0.6 is 0 Å². The highest BCUT2D eigenvalue weighted by Gasteiger charge is 2.19. The molecule has 0 amide bonds. The van der Waals surface area contributed by atoms with Crippen molar-refractivity contribution in [1.29, 1.82) is 0 Å². The van der Waals surface area contributed by atoms with Gasteiger partial charge in [0.1, 0.15) is 18.0 Å². The fourth-order valence-corrected chi connectivity index (χ4v) is 4.22. The van der Waals surface area contributed by atoms with E-state index in [9.17, 15) is 0 Å². The molecule has 1 aromatic rings. The fraction of sp³-hybridized carbons (Fsp3) is 0.793. The quantitative estimate of drug-likeness (QED) is 0.154. The second-order valence-electron chi connectivity index (χ2n) is 11.7. The van der Waals surface area contributed by atoms with Crippen molar-refractivity contribution >= 4 is 5.69 Å². The third-order valence-electron chi connectivity index (χ3n) is 6.23. The van der Waals surface area contributed by atoms with Crippen molar-refractivity contribution in [3.8, 4) is 5.75 Å². The van der Waals surface area contributed by atoms with Gasteiger partial charge in [0.25, 0.3) is 0 Å². The third-order valence-corrected chi connectivity index (χ3v) is 6.23. The zero-order chi connectivity index (χ0) is 23.9. The molecular weight excluding hydrogens is 392 g/mol. The minimum absolute atomic E-state index is 0.819. The van der Waals surface area contributed by atoms with Crippen LogP contribution in [0.25, 0.3) is 0 Å². The molecule has 3 nitrogen and oxygen atoms in total. The van der Waals surface area contributed by atoms with Gasteiger partial charge in [0.15, 0.2) is 0 Å². The van der Waals surface area contributed by atoms with E-state index in [2.05, 4.69) is 67.4 Å². The first-order valence-electron chi connectivity index (χ1n) is 13.5. The van der Waals surface area contributed by atoms with Crippen LogP contribution in [-0.2, 0) is 6.54 Å². The van der Waals surface area contributed by atoms with Crippen LogP contribution < -0.4 is 9.22 Å². The van der Waals surface area contributed by atoms with Gasteiger partial charge in [0.2, 0.25) is 0 Å². The SMILES string of the molecule is CCCCCCCCCCCCCCCCOc1cc([N+](C)(C)C)ccc1C[N+](C)(C)C. The van der Waals surface area contributed by atoms with Gasteiger partial charge in [-0.15, -0.1) is 0 Å². The van der Waals surface area contributed by atoms with Crippen molar-refractivity contribution in [2.75, 3.05) is 48.9 Å². The van der Waals surface area contributed by atoms with E-state index < -0.39 is 0 Å². The Morgan fingerprint density at radius 3 is 1.53 bits per heavy atom. The minimum atomic E-state index is 0.819. The summed E-state index contributed by atoms with van der Waals surface area (Å²) in [6.07, 6.45) is 19.5. The maximum Gasteiger partial charge on any atom is 0.135 e. The van der Waals surface area contributed by atoms with E-state index in [-0.39, 0.29) is 0 Å². The first-order valence-corrected chi connectivity index (χ1v) is 13.5. The average Bonchev–Trinajstić information content (AvgIpc) is 2.70. The van der Waals surface area contributed by atoms with Crippen LogP contribution in [0.3, 0.4) is 0 Å². The number of benzene rings is 1. The molecule has 32 heavy (non-hydrogen) atoms. The summed E-state index contributed by atoms with van der Waals surface area (Å²) in [6.45, 7) is 4.12. The summed E-state index contributed by atoms with van der Waals surface area (Å²) in [5.41, 5.74) is 2.62. The maximum atomic E-state index is 6.31. The van der Waals surface area contributed by atoms with Gasteiger partial charge in [0, 0.05) is 11.6 Å². The van der Waals surface area contributed by atoms with E-state index in [0.29, 0.717) is 0 Å². The van der Waals surface area contributed by atoms with E-state index in [1.54, 1.807) is 0 Å². The summed E-state index contributed by atoms with van der Waals surface area (Å²) < 4.78 is 8.04. The number of hydrogen-bond donors (Lipinski definition) is 0. The molecule has 186 valence electrons. The van der Waals surface area contributed by atoms with Crippen LogP contribution in [-0.4, -0.2) is 53.4 Å². The Kier molecular flexibility index (Phi) is 14.2. The zero-order valence-corrected chi connectivity index (χ0v) is 22.8. The van der Waals surface area contributed by atoms with E-state index in [4.69, 9.17) is 4.74 Å². The van der Waals surface area contributed by atoms with Gasteiger partial charge < -0.3 is 9.22 Å². The molecule has 1 aromatic carbocycles. The van der Waals surface area contributed by atoms with Gasteiger partial charge in [-0.25, -0.2) is 0 Å². The van der Waals surface area contributed by atoms with Crippen molar-refractivity contribution in [1.82, 2.24) is 4.48 Å². The van der Waals surface area contributed by atoms with Gasteiger partial charge >= 0.3 is 0 Å². The van der Waals surface area contributed by atoms with E-state index >= 15 is 0 Å². The number of hydrogen-bond acceptors (Lipinski definition) is 1. The lowest BCUT2D eigenvalue weighted by Crippen LogP contribution is -2.35. The van der Waals surface area contributed by atoms with Gasteiger partial charge in [-0.1, -0.05) is 90.4 Å². The highest BCUT2D eigenvalue weighted by Crippen LogP contribution is 2.29. The maximum absolute atomic E-state index is 6.31. The topological polar surface area (TPSA) is 9.23 Å². The summed E-state index contributed by atoms with van der Waals surface area (Å²) in [6, 6.07) is 6.78. The predicted molar refractivity (Wildman–Crippen MR) is 144 cm³/mol. The minimum Gasteiger partial charge on any atom is -0.493 e. The molecule has 0 bridgehead atoms. The number of ether oxygens (including phenoxy) is 1. The summed E-state index contributed by atoms with van der Waals surface area (Å²) in [4.78, 5) is 0. The Balaban J connectivity index is 2.20. The molecule has 0 radical (unpaired) electrons. The Bertz CT molecular complexity index is 598. The molecule has 3 heteroatoms. The smallest absolute Gasteiger partial charge is 0.135 e. The number of rotatable bonds is 19. The highest BCUT2D eigenvalue weighted by atomic mass is 16.5. The Morgan fingerprint density at radius 1 is 0.625 bits per heavy atom. The molecule has 0 saturated heterocycles. The van der Waals surface area contributed by atoms with Crippen LogP contribution in [0.4, 0.5) is 5.69 Å². The molecule has 0 saturated carbocycles.